The van der Waals surface area contributed by atoms with E-state index in [1.54, 1.807) is 0 Å². The molecule has 2 aromatic rings. The average Bonchev–Trinajstić information content (AvgIpc) is 2.94. The standard InChI is InChI=1S/C14H15N5/c15-7-10-5-6-19(9-10)14-11-3-1-2-4-12(11)17-18-13(14)8-16/h1-4,10H,5-7,9,15H2. The molecular formula is C14H15N5. The van der Waals surface area contributed by atoms with Crippen LogP contribution in [0.25, 0.3) is 10.9 Å². The summed E-state index contributed by atoms with van der Waals surface area (Å²) in [5.74, 6) is 0.499. The lowest BCUT2D eigenvalue weighted by Crippen LogP contribution is -2.24. The van der Waals surface area contributed by atoms with Crippen molar-refractivity contribution in [3.63, 3.8) is 0 Å². The molecule has 1 aromatic heterocycles. The maximum absolute atomic E-state index is 9.26. The Morgan fingerprint density at radius 1 is 1.37 bits per heavy atom. The van der Waals surface area contributed by atoms with Crippen LogP contribution in [-0.2, 0) is 0 Å². The number of fused-ring (bicyclic) bond motifs is 1. The van der Waals surface area contributed by atoms with Crippen LogP contribution in [0.5, 0.6) is 0 Å². The Kier molecular flexibility index (Phi) is 3.02. The molecule has 1 saturated heterocycles. The molecule has 19 heavy (non-hydrogen) atoms. The zero-order valence-corrected chi connectivity index (χ0v) is 10.6. The van der Waals surface area contributed by atoms with E-state index < -0.39 is 0 Å². The highest BCUT2D eigenvalue weighted by molar-refractivity contribution is 5.93. The van der Waals surface area contributed by atoms with E-state index in [0.29, 0.717) is 18.2 Å². The van der Waals surface area contributed by atoms with Crippen LogP contribution >= 0.6 is 0 Å². The summed E-state index contributed by atoms with van der Waals surface area (Å²) in [6.07, 6.45) is 1.07. The van der Waals surface area contributed by atoms with Gasteiger partial charge in [-0.2, -0.15) is 5.26 Å². The maximum Gasteiger partial charge on any atom is 0.187 e. The van der Waals surface area contributed by atoms with Crippen molar-refractivity contribution in [3.8, 4) is 6.07 Å². The zero-order chi connectivity index (χ0) is 13.2. The minimum Gasteiger partial charge on any atom is -0.368 e. The Balaban J connectivity index is 2.13. The molecule has 1 aliphatic rings. The number of anilines is 1. The Hall–Kier alpha value is -2.19. The van der Waals surface area contributed by atoms with Gasteiger partial charge >= 0.3 is 0 Å². The molecule has 2 heterocycles. The maximum atomic E-state index is 9.26. The third kappa shape index (κ3) is 2.00. The summed E-state index contributed by atoms with van der Waals surface area (Å²) in [7, 11) is 0. The third-order valence-corrected chi connectivity index (χ3v) is 3.68. The molecule has 2 N–H and O–H groups in total. The van der Waals surface area contributed by atoms with E-state index in [9.17, 15) is 5.26 Å². The summed E-state index contributed by atoms with van der Waals surface area (Å²) in [4.78, 5) is 2.22. The summed E-state index contributed by atoms with van der Waals surface area (Å²) in [6, 6.07) is 9.96. The van der Waals surface area contributed by atoms with Gasteiger partial charge < -0.3 is 10.6 Å². The fourth-order valence-electron chi connectivity index (χ4n) is 2.66. The average molecular weight is 253 g/mol. The van der Waals surface area contributed by atoms with Gasteiger partial charge in [0.1, 0.15) is 6.07 Å². The van der Waals surface area contributed by atoms with Crippen LogP contribution in [0.1, 0.15) is 12.1 Å². The van der Waals surface area contributed by atoms with E-state index in [1.807, 2.05) is 24.3 Å². The van der Waals surface area contributed by atoms with Gasteiger partial charge in [0.05, 0.1) is 11.2 Å². The van der Waals surface area contributed by atoms with E-state index >= 15 is 0 Å². The van der Waals surface area contributed by atoms with Gasteiger partial charge in [-0.15, -0.1) is 10.2 Å². The molecule has 5 nitrogen and oxygen atoms in total. The van der Waals surface area contributed by atoms with Gasteiger partial charge in [-0.25, -0.2) is 0 Å². The molecule has 1 aliphatic heterocycles. The Morgan fingerprint density at radius 3 is 2.95 bits per heavy atom. The number of hydrogen-bond donors (Lipinski definition) is 1. The summed E-state index contributed by atoms with van der Waals surface area (Å²) >= 11 is 0. The van der Waals surface area contributed by atoms with Crippen LogP contribution in [0.3, 0.4) is 0 Å². The van der Waals surface area contributed by atoms with Crippen molar-refractivity contribution in [1.82, 2.24) is 10.2 Å². The van der Waals surface area contributed by atoms with Crippen LogP contribution in [-0.4, -0.2) is 29.8 Å². The number of benzene rings is 1. The summed E-state index contributed by atoms with van der Waals surface area (Å²) in [5.41, 5.74) is 7.87. The number of nitriles is 1. The van der Waals surface area contributed by atoms with E-state index in [0.717, 1.165) is 36.1 Å². The number of rotatable bonds is 2. The monoisotopic (exact) mass is 253 g/mol. The van der Waals surface area contributed by atoms with Gasteiger partial charge in [-0.1, -0.05) is 18.2 Å². The zero-order valence-electron chi connectivity index (χ0n) is 10.6. The lowest BCUT2D eigenvalue weighted by atomic mass is 10.1. The van der Waals surface area contributed by atoms with Crippen LogP contribution in [0, 0.1) is 17.2 Å². The van der Waals surface area contributed by atoms with Crippen molar-refractivity contribution in [1.29, 1.82) is 5.26 Å². The minimum absolute atomic E-state index is 0.399. The molecule has 1 aromatic carbocycles. The first-order valence-electron chi connectivity index (χ1n) is 6.44. The van der Waals surface area contributed by atoms with Gasteiger partial charge in [0.2, 0.25) is 0 Å². The first-order chi connectivity index (χ1) is 9.33. The van der Waals surface area contributed by atoms with Crippen LogP contribution < -0.4 is 10.6 Å². The predicted molar refractivity (Wildman–Crippen MR) is 73.6 cm³/mol. The Bertz CT molecular complexity index is 646. The van der Waals surface area contributed by atoms with Crippen molar-refractivity contribution in [3.05, 3.63) is 30.0 Å². The van der Waals surface area contributed by atoms with Crippen molar-refractivity contribution in [2.45, 2.75) is 6.42 Å². The second-order valence-corrected chi connectivity index (χ2v) is 4.86. The predicted octanol–water partition coefficient (Wildman–Crippen LogP) is 1.29. The second kappa shape index (κ2) is 4.82. The molecule has 1 fully saturated rings. The first-order valence-corrected chi connectivity index (χ1v) is 6.44. The van der Waals surface area contributed by atoms with Crippen LogP contribution in [0.2, 0.25) is 0 Å². The highest BCUT2D eigenvalue weighted by Gasteiger charge is 2.25. The topological polar surface area (TPSA) is 78.8 Å². The van der Waals surface area contributed by atoms with Crippen LogP contribution in [0.15, 0.2) is 24.3 Å². The number of nitrogens with two attached hydrogens (primary N) is 1. The highest BCUT2D eigenvalue weighted by atomic mass is 15.2. The summed E-state index contributed by atoms with van der Waals surface area (Å²) in [5, 5.41) is 18.4. The fraction of sp³-hybridized carbons (Fsp3) is 0.357. The number of aromatic nitrogens is 2. The molecule has 0 aliphatic carbocycles. The Morgan fingerprint density at radius 2 is 2.21 bits per heavy atom. The number of hydrogen-bond acceptors (Lipinski definition) is 5. The molecule has 1 atom stereocenters. The molecule has 5 heteroatoms. The molecule has 3 rings (SSSR count). The van der Waals surface area contributed by atoms with E-state index in [4.69, 9.17) is 5.73 Å². The van der Waals surface area contributed by atoms with Gasteiger partial charge in [0.15, 0.2) is 5.69 Å². The third-order valence-electron chi connectivity index (χ3n) is 3.68. The van der Waals surface area contributed by atoms with E-state index in [1.165, 1.54) is 0 Å². The van der Waals surface area contributed by atoms with Crippen molar-refractivity contribution in [2.75, 3.05) is 24.5 Å². The molecule has 1 unspecified atom stereocenters. The van der Waals surface area contributed by atoms with Gasteiger partial charge in [-0.3, -0.25) is 0 Å². The van der Waals surface area contributed by atoms with E-state index in [-0.39, 0.29) is 0 Å². The lowest BCUT2D eigenvalue weighted by Gasteiger charge is -2.20. The van der Waals surface area contributed by atoms with Gasteiger partial charge in [0, 0.05) is 18.5 Å². The summed E-state index contributed by atoms with van der Waals surface area (Å²) < 4.78 is 0. The lowest BCUT2D eigenvalue weighted by molar-refractivity contribution is 0.602. The minimum atomic E-state index is 0.399. The molecule has 0 saturated carbocycles. The molecule has 0 amide bonds. The van der Waals surface area contributed by atoms with E-state index in [2.05, 4.69) is 21.2 Å². The van der Waals surface area contributed by atoms with Crippen LogP contribution in [0.4, 0.5) is 5.69 Å². The number of nitrogens with zero attached hydrogens (tertiary/aromatic N) is 4. The largest absolute Gasteiger partial charge is 0.368 e. The summed E-state index contributed by atoms with van der Waals surface area (Å²) in [6.45, 7) is 2.50. The molecule has 0 bridgehead atoms. The fourth-order valence-corrected chi connectivity index (χ4v) is 2.66. The molecule has 0 spiro atoms. The van der Waals surface area contributed by atoms with Crippen molar-refractivity contribution < 1.29 is 0 Å². The molecular weight excluding hydrogens is 238 g/mol. The molecule has 0 radical (unpaired) electrons. The van der Waals surface area contributed by atoms with Gasteiger partial charge in [-0.05, 0) is 24.9 Å². The second-order valence-electron chi connectivity index (χ2n) is 4.86. The SMILES string of the molecule is N#Cc1nnc2ccccc2c1N1CCC(CN)C1. The van der Waals surface area contributed by atoms with Crippen molar-refractivity contribution in [2.24, 2.45) is 11.7 Å². The molecule has 96 valence electrons. The smallest absolute Gasteiger partial charge is 0.187 e. The van der Waals surface area contributed by atoms with Crippen molar-refractivity contribution >= 4 is 16.6 Å². The normalized spacial score (nSPS) is 18.7. The highest BCUT2D eigenvalue weighted by Crippen LogP contribution is 2.31. The first kappa shape index (κ1) is 11.9. The Labute approximate surface area is 111 Å². The van der Waals surface area contributed by atoms with Gasteiger partial charge in [0.25, 0.3) is 0 Å². The quantitative estimate of drug-likeness (QED) is 0.872.